The summed E-state index contributed by atoms with van der Waals surface area (Å²) in [5, 5.41) is 10.3. The Kier molecular flexibility index (Phi) is 5.78. The number of aromatic carboxylic acids is 1. The summed E-state index contributed by atoms with van der Waals surface area (Å²) < 4.78 is 29.3. The van der Waals surface area contributed by atoms with Crippen molar-refractivity contribution in [2.75, 3.05) is 0 Å². The molecular weight excluding hydrogens is 423 g/mol. The van der Waals surface area contributed by atoms with Gasteiger partial charge in [0.05, 0.1) is 21.3 Å². The van der Waals surface area contributed by atoms with Gasteiger partial charge in [-0.05, 0) is 38.1 Å². The minimum atomic E-state index is -1.47. The molecule has 0 aliphatic rings. The third-order valence-corrected chi connectivity index (χ3v) is 5.39. The third-order valence-electron chi connectivity index (χ3n) is 4.65. The summed E-state index contributed by atoms with van der Waals surface area (Å²) in [6.07, 6.45) is 0. The summed E-state index contributed by atoms with van der Waals surface area (Å²) in [5.41, 5.74) is -0.850. The first kappa shape index (κ1) is 21.0. The summed E-state index contributed by atoms with van der Waals surface area (Å²) in [4.78, 5) is 25.2. The Bertz CT molecular complexity index is 1210. The third kappa shape index (κ3) is 3.66. The maximum atomic E-state index is 14.4. The Labute approximate surface area is 174 Å². The molecule has 1 aromatic heterocycles. The van der Waals surface area contributed by atoms with E-state index >= 15 is 0 Å². The van der Waals surface area contributed by atoms with Gasteiger partial charge in [-0.3, -0.25) is 4.79 Å². The second-order valence-electron chi connectivity index (χ2n) is 6.32. The molecule has 4 nitrogen and oxygen atoms in total. The zero-order valence-electron chi connectivity index (χ0n) is 15.4. The molecule has 8 heteroatoms. The van der Waals surface area contributed by atoms with Crippen molar-refractivity contribution in [3.8, 4) is 22.4 Å². The summed E-state index contributed by atoms with van der Waals surface area (Å²) in [5.74, 6) is -3.22. The van der Waals surface area contributed by atoms with Gasteiger partial charge in [-0.15, -0.1) is 0 Å². The number of carbonyl (C=O) groups is 1. The average molecular weight is 438 g/mol. The molecule has 0 fully saturated rings. The van der Waals surface area contributed by atoms with Crippen molar-refractivity contribution in [2.45, 2.75) is 20.4 Å². The molecule has 1 N–H and O–H groups in total. The summed E-state index contributed by atoms with van der Waals surface area (Å²) in [6, 6.07) is 7.31. The average Bonchev–Trinajstić information content (AvgIpc) is 2.65. The Morgan fingerprint density at radius 2 is 1.79 bits per heavy atom. The van der Waals surface area contributed by atoms with E-state index in [0.717, 1.165) is 12.1 Å². The minimum Gasteiger partial charge on any atom is -0.477 e. The number of pyridine rings is 1. The number of carboxylic acids is 1. The largest absolute Gasteiger partial charge is 0.477 e. The van der Waals surface area contributed by atoms with Crippen molar-refractivity contribution in [1.29, 1.82) is 0 Å². The molecule has 2 aromatic carbocycles. The van der Waals surface area contributed by atoms with E-state index < -0.39 is 28.6 Å². The second kappa shape index (κ2) is 7.97. The molecule has 0 saturated heterocycles. The van der Waals surface area contributed by atoms with Crippen molar-refractivity contribution in [3.05, 3.63) is 79.6 Å². The maximum absolute atomic E-state index is 14.4. The van der Waals surface area contributed by atoms with Crippen LogP contribution in [-0.2, 0) is 6.54 Å². The van der Waals surface area contributed by atoms with Gasteiger partial charge < -0.3 is 9.67 Å². The zero-order chi connectivity index (χ0) is 21.5. The van der Waals surface area contributed by atoms with Crippen LogP contribution >= 0.6 is 23.2 Å². The lowest BCUT2D eigenvalue weighted by molar-refractivity contribution is 0.0695. The van der Waals surface area contributed by atoms with Crippen LogP contribution in [0.1, 0.15) is 23.0 Å². The first-order valence-corrected chi connectivity index (χ1v) is 9.34. The van der Waals surface area contributed by atoms with Gasteiger partial charge in [0.1, 0.15) is 17.2 Å². The molecule has 0 spiro atoms. The highest BCUT2D eigenvalue weighted by Crippen LogP contribution is 2.33. The Balaban J connectivity index is 2.47. The highest BCUT2D eigenvalue weighted by atomic mass is 35.5. The van der Waals surface area contributed by atoms with E-state index in [0.29, 0.717) is 17.3 Å². The van der Waals surface area contributed by atoms with Gasteiger partial charge in [-0.2, -0.15) is 0 Å². The quantitative estimate of drug-likeness (QED) is 0.561. The lowest BCUT2D eigenvalue weighted by Crippen LogP contribution is -2.25. The zero-order valence-corrected chi connectivity index (χ0v) is 16.9. The van der Waals surface area contributed by atoms with E-state index in [2.05, 4.69) is 0 Å². The number of rotatable bonds is 4. The van der Waals surface area contributed by atoms with Crippen molar-refractivity contribution >= 4 is 29.2 Å². The number of carboxylic acid groups (broad SMARTS) is 1. The topological polar surface area (TPSA) is 59.3 Å². The van der Waals surface area contributed by atoms with E-state index in [9.17, 15) is 23.5 Å². The predicted octanol–water partition coefficient (Wildman–Crippen LogP) is 5.79. The fourth-order valence-corrected chi connectivity index (χ4v) is 3.68. The normalized spacial score (nSPS) is 11.0. The van der Waals surface area contributed by atoms with Crippen molar-refractivity contribution in [2.24, 2.45) is 0 Å². The van der Waals surface area contributed by atoms with Crippen molar-refractivity contribution in [1.82, 2.24) is 4.57 Å². The smallest absolute Gasteiger partial charge is 0.341 e. The van der Waals surface area contributed by atoms with Crippen LogP contribution in [0.15, 0.2) is 41.2 Å². The Morgan fingerprint density at radius 3 is 2.34 bits per heavy atom. The molecule has 0 unspecified atom stereocenters. The van der Waals surface area contributed by atoms with Gasteiger partial charge in [0.15, 0.2) is 0 Å². The molecule has 29 heavy (non-hydrogen) atoms. The molecule has 3 aromatic rings. The van der Waals surface area contributed by atoms with E-state index in [-0.39, 0.29) is 33.4 Å². The molecule has 0 radical (unpaired) electrons. The number of benzene rings is 2. The van der Waals surface area contributed by atoms with Gasteiger partial charge in [0.25, 0.3) is 0 Å². The van der Waals surface area contributed by atoms with Gasteiger partial charge in [0.2, 0.25) is 5.43 Å². The van der Waals surface area contributed by atoms with E-state index in [1.807, 2.05) is 0 Å². The fraction of sp³-hybridized carbons (Fsp3) is 0.143. The summed E-state index contributed by atoms with van der Waals surface area (Å²) in [6.45, 7) is 3.63. The SMILES string of the molecule is CCn1c(C)c(-c2ccc(F)cc2F)c(=O)c(C(=O)O)c1-c1ccc(Cl)c(Cl)c1. The van der Waals surface area contributed by atoms with Gasteiger partial charge in [-0.25, -0.2) is 13.6 Å². The molecule has 0 saturated carbocycles. The van der Waals surface area contributed by atoms with E-state index in [1.54, 1.807) is 24.5 Å². The molecule has 0 atom stereocenters. The first-order chi connectivity index (χ1) is 13.7. The molecule has 0 aliphatic heterocycles. The molecule has 1 heterocycles. The predicted molar refractivity (Wildman–Crippen MR) is 109 cm³/mol. The van der Waals surface area contributed by atoms with Crippen LogP contribution in [0.5, 0.6) is 0 Å². The fourth-order valence-electron chi connectivity index (χ4n) is 3.38. The van der Waals surface area contributed by atoms with E-state index in [1.165, 1.54) is 12.1 Å². The van der Waals surface area contributed by atoms with Crippen LogP contribution in [0.2, 0.25) is 10.0 Å². The monoisotopic (exact) mass is 437 g/mol. The summed E-state index contributed by atoms with van der Waals surface area (Å²) >= 11 is 12.0. The van der Waals surface area contributed by atoms with Crippen molar-refractivity contribution < 1.29 is 18.7 Å². The molecule has 0 aliphatic carbocycles. The molecule has 150 valence electrons. The summed E-state index contributed by atoms with van der Waals surface area (Å²) in [7, 11) is 0. The number of halogens is 4. The van der Waals surface area contributed by atoms with Gasteiger partial charge in [-0.1, -0.05) is 29.3 Å². The van der Waals surface area contributed by atoms with Crippen LogP contribution in [0.4, 0.5) is 8.78 Å². The molecule has 0 bridgehead atoms. The standard InChI is InChI=1S/C21H15Cl2F2NO3/c1-3-26-10(2)17(13-6-5-12(24)9-16(13)25)20(27)18(21(28)29)19(26)11-4-7-14(22)15(23)8-11/h4-9H,3H2,1-2H3,(H,28,29). The van der Waals surface area contributed by atoms with Crippen LogP contribution in [0.3, 0.4) is 0 Å². The number of nitrogens with zero attached hydrogens (tertiary/aromatic N) is 1. The number of aromatic nitrogens is 1. The highest BCUT2D eigenvalue weighted by molar-refractivity contribution is 6.42. The van der Waals surface area contributed by atoms with Gasteiger partial charge in [0, 0.05) is 29.4 Å². The van der Waals surface area contributed by atoms with Crippen LogP contribution in [0.25, 0.3) is 22.4 Å². The molecule has 0 amide bonds. The van der Waals surface area contributed by atoms with E-state index in [4.69, 9.17) is 23.2 Å². The number of hydrogen-bond donors (Lipinski definition) is 1. The van der Waals surface area contributed by atoms with Crippen LogP contribution < -0.4 is 5.43 Å². The molecular formula is C21H15Cl2F2NO3. The number of hydrogen-bond acceptors (Lipinski definition) is 2. The first-order valence-electron chi connectivity index (χ1n) is 8.58. The van der Waals surface area contributed by atoms with Crippen molar-refractivity contribution in [3.63, 3.8) is 0 Å². The molecule has 3 rings (SSSR count). The van der Waals surface area contributed by atoms with Crippen LogP contribution in [0, 0.1) is 18.6 Å². The minimum absolute atomic E-state index is 0.132. The highest BCUT2D eigenvalue weighted by Gasteiger charge is 2.27. The van der Waals surface area contributed by atoms with Gasteiger partial charge >= 0.3 is 5.97 Å². The lowest BCUT2D eigenvalue weighted by atomic mass is 9.96. The Hall–Kier alpha value is -2.70. The Morgan fingerprint density at radius 1 is 1.10 bits per heavy atom. The van der Waals surface area contributed by atoms with Crippen LogP contribution in [-0.4, -0.2) is 15.6 Å². The second-order valence-corrected chi connectivity index (χ2v) is 7.13. The lowest BCUT2D eigenvalue weighted by Gasteiger charge is -2.21. The maximum Gasteiger partial charge on any atom is 0.341 e.